The molecule has 3 rings (SSSR count). The molecule has 26 heavy (non-hydrogen) atoms. The summed E-state index contributed by atoms with van der Waals surface area (Å²) in [5.74, 6) is 7.74. The molecule has 0 amide bonds. The summed E-state index contributed by atoms with van der Waals surface area (Å²) in [6, 6.07) is 24.8. The van der Waals surface area contributed by atoms with Crippen molar-refractivity contribution in [2.24, 2.45) is 0 Å². The third-order valence-electron chi connectivity index (χ3n) is 3.84. The van der Waals surface area contributed by atoms with Crippen molar-refractivity contribution in [3.05, 3.63) is 95.1 Å². The number of nitrogens with zero attached hydrogens (tertiary/aromatic N) is 1. The molecular formula is C23H17NO2. The van der Waals surface area contributed by atoms with Gasteiger partial charge in [-0.3, -0.25) is 0 Å². The third-order valence-corrected chi connectivity index (χ3v) is 3.84. The zero-order chi connectivity index (χ0) is 18.2. The Morgan fingerprint density at radius 1 is 0.808 bits per heavy atom. The molecule has 0 bridgehead atoms. The second-order valence-electron chi connectivity index (χ2n) is 5.53. The fraction of sp³-hybridized carbons (Fsp3) is 0.0870. The van der Waals surface area contributed by atoms with Crippen molar-refractivity contribution in [1.82, 2.24) is 0 Å². The lowest BCUT2D eigenvalue weighted by Gasteiger charge is -2.09. The molecule has 3 aromatic rings. The average molecular weight is 339 g/mol. The first kappa shape index (κ1) is 17.1. The van der Waals surface area contributed by atoms with Crippen LogP contribution in [0.5, 0.6) is 11.5 Å². The molecule has 126 valence electrons. The van der Waals surface area contributed by atoms with Gasteiger partial charge in [-0.2, -0.15) is 5.26 Å². The van der Waals surface area contributed by atoms with Crippen LogP contribution in [-0.4, -0.2) is 7.11 Å². The van der Waals surface area contributed by atoms with Crippen LogP contribution in [0.15, 0.2) is 72.8 Å². The summed E-state index contributed by atoms with van der Waals surface area (Å²) in [5.41, 5.74) is 3.31. The summed E-state index contributed by atoms with van der Waals surface area (Å²) in [7, 11) is 1.64. The zero-order valence-electron chi connectivity index (χ0n) is 14.4. The second-order valence-corrected chi connectivity index (χ2v) is 5.53. The molecular weight excluding hydrogens is 322 g/mol. The van der Waals surface area contributed by atoms with Crippen molar-refractivity contribution in [2.75, 3.05) is 7.11 Å². The van der Waals surface area contributed by atoms with Gasteiger partial charge in [-0.05, 0) is 42.5 Å². The van der Waals surface area contributed by atoms with E-state index in [-0.39, 0.29) is 0 Å². The van der Waals surface area contributed by atoms with E-state index in [0.717, 1.165) is 22.4 Å². The Kier molecular flexibility index (Phi) is 5.55. The number of hydrogen-bond donors (Lipinski definition) is 0. The lowest BCUT2D eigenvalue weighted by molar-refractivity contribution is 0.305. The fourth-order valence-corrected chi connectivity index (χ4v) is 2.42. The molecule has 3 nitrogen and oxygen atoms in total. The van der Waals surface area contributed by atoms with E-state index in [4.69, 9.17) is 14.7 Å². The molecule has 0 spiro atoms. The van der Waals surface area contributed by atoms with Crippen LogP contribution in [0.1, 0.15) is 22.3 Å². The quantitative estimate of drug-likeness (QED) is 0.655. The van der Waals surface area contributed by atoms with E-state index in [1.165, 1.54) is 0 Å². The number of rotatable bonds is 4. The van der Waals surface area contributed by atoms with E-state index in [1.807, 2.05) is 60.7 Å². The molecule has 0 saturated heterocycles. The minimum absolute atomic E-state index is 0.353. The molecule has 0 fully saturated rings. The highest BCUT2D eigenvalue weighted by Crippen LogP contribution is 2.19. The molecule has 0 aromatic heterocycles. The number of ether oxygens (including phenoxy) is 2. The van der Waals surface area contributed by atoms with Crippen LogP contribution in [0.4, 0.5) is 0 Å². The summed E-state index contributed by atoms with van der Waals surface area (Å²) in [5, 5.41) is 9.16. The molecule has 0 heterocycles. The molecule has 3 aromatic carbocycles. The predicted molar refractivity (Wildman–Crippen MR) is 101 cm³/mol. The highest BCUT2D eigenvalue weighted by atomic mass is 16.5. The van der Waals surface area contributed by atoms with Crippen molar-refractivity contribution in [3.8, 4) is 29.4 Å². The third kappa shape index (κ3) is 4.23. The standard InChI is InChI=1S/C23H17NO2/c1-25-22-14-11-18(12-15-22)10-13-19-6-2-3-8-21(19)17-26-23-9-5-4-7-20(23)16-24/h2-9,11-12,14-15H,17H2,1H3. The maximum atomic E-state index is 9.16. The van der Waals surface area contributed by atoms with Crippen molar-refractivity contribution in [1.29, 1.82) is 5.26 Å². The topological polar surface area (TPSA) is 42.2 Å². The van der Waals surface area contributed by atoms with Gasteiger partial charge in [0.2, 0.25) is 0 Å². The smallest absolute Gasteiger partial charge is 0.137 e. The largest absolute Gasteiger partial charge is 0.497 e. The summed E-state index contributed by atoms with van der Waals surface area (Å²) in [6.45, 7) is 0.353. The van der Waals surface area contributed by atoms with E-state index >= 15 is 0 Å². The molecule has 0 aliphatic heterocycles. The normalized spacial score (nSPS) is 9.54. The average Bonchev–Trinajstić information content (AvgIpc) is 2.72. The minimum atomic E-state index is 0.353. The zero-order valence-corrected chi connectivity index (χ0v) is 14.4. The van der Waals surface area contributed by atoms with Gasteiger partial charge in [0.1, 0.15) is 24.2 Å². The molecule has 3 heteroatoms. The van der Waals surface area contributed by atoms with Gasteiger partial charge in [-0.25, -0.2) is 0 Å². The van der Waals surface area contributed by atoms with Gasteiger partial charge < -0.3 is 9.47 Å². The van der Waals surface area contributed by atoms with E-state index in [9.17, 15) is 0 Å². The van der Waals surface area contributed by atoms with Gasteiger partial charge in [0.05, 0.1) is 12.7 Å². The van der Waals surface area contributed by atoms with Crippen LogP contribution in [-0.2, 0) is 6.61 Å². The van der Waals surface area contributed by atoms with Gasteiger partial charge in [0, 0.05) is 16.7 Å². The van der Waals surface area contributed by atoms with Crippen molar-refractivity contribution in [3.63, 3.8) is 0 Å². The van der Waals surface area contributed by atoms with Gasteiger partial charge in [-0.15, -0.1) is 0 Å². The van der Waals surface area contributed by atoms with Gasteiger partial charge in [0.15, 0.2) is 0 Å². The van der Waals surface area contributed by atoms with Crippen molar-refractivity contribution < 1.29 is 9.47 Å². The molecule has 0 aliphatic carbocycles. The van der Waals surface area contributed by atoms with Crippen molar-refractivity contribution >= 4 is 0 Å². The number of benzene rings is 3. The first-order chi connectivity index (χ1) is 12.8. The Hall–Kier alpha value is -3.69. The second kappa shape index (κ2) is 8.42. The van der Waals surface area contributed by atoms with E-state index in [2.05, 4.69) is 17.9 Å². The lowest BCUT2D eigenvalue weighted by atomic mass is 10.1. The van der Waals surface area contributed by atoms with E-state index < -0.39 is 0 Å². The van der Waals surface area contributed by atoms with E-state index in [1.54, 1.807) is 19.2 Å². The lowest BCUT2D eigenvalue weighted by Crippen LogP contribution is -1.99. The van der Waals surface area contributed by atoms with Crippen LogP contribution < -0.4 is 9.47 Å². The van der Waals surface area contributed by atoms with Crippen molar-refractivity contribution in [2.45, 2.75) is 6.61 Å². The van der Waals surface area contributed by atoms with E-state index in [0.29, 0.717) is 17.9 Å². The Labute approximate surface area is 153 Å². The molecule has 0 aliphatic rings. The SMILES string of the molecule is COc1ccc(C#Cc2ccccc2COc2ccccc2C#N)cc1. The first-order valence-corrected chi connectivity index (χ1v) is 8.16. The number of methoxy groups -OCH3 is 1. The van der Waals surface area contributed by atoms with Crippen LogP contribution in [0.25, 0.3) is 0 Å². The molecule has 0 N–H and O–H groups in total. The molecule has 0 unspecified atom stereocenters. The first-order valence-electron chi connectivity index (χ1n) is 8.16. The van der Waals surface area contributed by atoms with Crippen LogP contribution in [0.3, 0.4) is 0 Å². The van der Waals surface area contributed by atoms with Gasteiger partial charge >= 0.3 is 0 Å². The highest BCUT2D eigenvalue weighted by Gasteiger charge is 2.04. The Morgan fingerprint density at radius 3 is 2.23 bits per heavy atom. The summed E-state index contributed by atoms with van der Waals surface area (Å²) in [4.78, 5) is 0. The maximum Gasteiger partial charge on any atom is 0.137 e. The van der Waals surface area contributed by atoms with Gasteiger partial charge in [0.25, 0.3) is 0 Å². The Balaban J connectivity index is 1.78. The summed E-state index contributed by atoms with van der Waals surface area (Å²) >= 11 is 0. The Bertz CT molecular complexity index is 989. The maximum absolute atomic E-state index is 9.16. The van der Waals surface area contributed by atoms with Crippen LogP contribution in [0.2, 0.25) is 0 Å². The van der Waals surface area contributed by atoms with Crippen LogP contribution in [0, 0.1) is 23.2 Å². The number of para-hydroxylation sites is 1. The van der Waals surface area contributed by atoms with Crippen LogP contribution >= 0.6 is 0 Å². The summed E-state index contributed by atoms with van der Waals surface area (Å²) in [6.07, 6.45) is 0. The number of hydrogen-bond acceptors (Lipinski definition) is 3. The fourth-order valence-electron chi connectivity index (χ4n) is 2.42. The number of nitriles is 1. The molecule has 0 atom stereocenters. The minimum Gasteiger partial charge on any atom is -0.497 e. The summed E-state index contributed by atoms with van der Waals surface area (Å²) < 4.78 is 11.0. The van der Waals surface area contributed by atoms with Gasteiger partial charge in [-0.1, -0.05) is 42.2 Å². The monoisotopic (exact) mass is 339 g/mol. The Morgan fingerprint density at radius 2 is 1.50 bits per heavy atom. The molecule has 0 saturated carbocycles. The molecule has 0 radical (unpaired) electrons. The predicted octanol–water partition coefficient (Wildman–Crippen LogP) is 4.55. The highest BCUT2D eigenvalue weighted by molar-refractivity contribution is 5.48.